The van der Waals surface area contributed by atoms with Gasteiger partial charge < -0.3 is 10.1 Å². The van der Waals surface area contributed by atoms with Crippen LogP contribution in [0.5, 0.6) is 5.75 Å². The number of hydrogen-bond donors (Lipinski definition) is 1. The van der Waals surface area contributed by atoms with Crippen LogP contribution in [0.15, 0.2) is 18.2 Å². The maximum Gasteiger partial charge on any atom is 0.325 e. The predicted octanol–water partition coefficient (Wildman–Crippen LogP) is 2.84. The van der Waals surface area contributed by atoms with E-state index < -0.39 is 11.4 Å². The topological polar surface area (TPSA) is 58.6 Å². The van der Waals surface area contributed by atoms with Crippen molar-refractivity contribution in [3.8, 4) is 5.75 Å². The summed E-state index contributed by atoms with van der Waals surface area (Å²) in [6.45, 7) is 2.08. The smallest absolute Gasteiger partial charge is 0.325 e. The fourth-order valence-electron chi connectivity index (χ4n) is 3.63. The Kier molecular flexibility index (Phi) is 4.00. The SMILES string of the molecule is COc1ccc(CN2C(=O)N[C@]3(CCCCC3C)C2=O)cc1F. The molecule has 6 heteroatoms. The molecule has 0 bridgehead atoms. The highest BCUT2D eigenvalue weighted by Gasteiger charge is 2.54. The van der Waals surface area contributed by atoms with Crippen LogP contribution in [-0.2, 0) is 11.3 Å². The molecule has 1 unspecified atom stereocenters. The molecular formula is C17H21FN2O3. The molecule has 1 aliphatic heterocycles. The van der Waals surface area contributed by atoms with Gasteiger partial charge in [0.1, 0.15) is 5.54 Å². The van der Waals surface area contributed by atoms with Crippen LogP contribution in [0, 0.1) is 11.7 Å². The number of nitrogens with zero attached hydrogens (tertiary/aromatic N) is 1. The number of carbonyl (C=O) groups is 2. The van der Waals surface area contributed by atoms with Gasteiger partial charge in [0, 0.05) is 0 Å². The van der Waals surface area contributed by atoms with Gasteiger partial charge in [-0.05, 0) is 36.5 Å². The number of halogens is 1. The van der Waals surface area contributed by atoms with Gasteiger partial charge in [-0.3, -0.25) is 9.69 Å². The van der Waals surface area contributed by atoms with Gasteiger partial charge in [-0.2, -0.15) is 0 Å². The molecular weight excluding hydrogens is 299 g/mol. The summed E-state index contributed by atoms with van der Waals surface area (Å²) in [4.78, 5) is 26.3. The standard InChI is InChI=1S/C17H21FN2O3/c1-11-5-3-4-8-17(11)15(21)20(16(22)19-17)10-12-6-7-14(23-2)13(18)9-12/h6-7,9,11H,3-5,8,10H2,1-2H3,(H,19,22)/t11?,17-/m0/s1. The zero-order chi connectivity index (χ0) is 16.6. The Morgan fingerprint density at radius 3 is 2.83 bits per heavy atom. The maximum atomic E-state index is 13.8. The highest BCUT2D eigenvalue weighted by Crippen LogP contribution is 2.38. The second kappa shape index (κ2) is 5.83. The molecule has 1 heterocycles. The second-order valence-corrected chi connectivity index (χ2v) is 6.41. The van der Waals surface area contributed by atoms with Crippen LogP contribution >= 0.6 is 0 Å². The molecule has 2 atom stereocenters. The zero-order valence-corrected chi connectivity index (χ0v) is 13.4. The first kappa shape index (κ1) is 15.8. The van der Waals surface area contributed by atoms with Gasteiger partial charge in [0.05, 0.1) is 13.7 Å². The van der Waals surface area contributed by atoms with E-state index in [1.807, 2.05) is 6.92 Å². The molecule has 1 saturated carbocycles. The molecule has 2 aliphatic rings. The Bertz CT molecular complexity index is 649. The summed E-state index contributed by atoms with van der Waals surface area (Å²) >= 11 is 0. The van der Waals surface area contributed by atoms with Gasteiger partial charge in [-0.1, -0.05) is 25.8 Å². The molecule has 1 N–H and O–H groups in total. The fraction of sp³-hybridized carbons (Fsp3) is 0.529. The Balaban J connectivity index is 1.82. The second-order valence-electron chi connectivity index (χ2n) is 6.41. The number of imide groups is 1. The minimum Gasteiger partial charge on any atom is -0.494 e. The lowest BCUT2D eigenvalue weighted by Crippen LogP contribution is -2.53. The average Bonchev–Trinajstić information content (AvgIpc) is 2.76. The molecule has 124 valence electrons. The average molecular weight is 320 g/mol. The van der Waals surface area contributed by atoms with Crippen molar-refractivity contribution in [2.45, 2.75) is 44.7 Å². The van der Waals surface area contributed by atoms with Crippen molar-refractivity contribution < 1.29 is 18.7 Å². The summed E-state index contributed by atoms with van der Waals surface area (Å²) in [5.41, 5.74) is -0.215. The lowest BCUT2D eigenvalue weighted by atomic mass is 9.73. The summed E-state index contributed by atoms with van der Waals surface area (Å²) in [5.74, 6) is -0.433. The minimum absolute atomic E-state index is 0.0695. The first-order chi connectivity index (χ1) is 11.0. The molecule has 5 nitrogen and oxygen atoms in total. The largest absolute Gasteiger partial charge is 0.494 e. The Labute approximate surface area is 134 Å². The number of hydrogen-bond acceptors (Lipinski definition) is 3. The number of rotatable bonds is 3. The number of urea groups is 1. The van der Waals surface area contributed by atoms with Crippen molar-refractivity contribution in [1.29, 1.82) is 0 Å². The molecule has 1 aromatic rings. The number of benzene rings is 1. The highest BCUT2D eigenvalue weighted by molar-refractivity contribution is 6.07. The number of ether oxygens (including phenoxy) is 1. The van der Waals surface area contributed by atoms with Crippen LogP contribution in [-0.4, -0.2) is 29.5 Å². The van der Waals surface area contributed by atoms with E-state index in [4.69, 9.17) is 4.74 Å². The quantitative estimate of drug-likeness (QED) is 0.871. The van der Waals surface area contributed by atoms with Gasteiger partial charge >= 0.3 is 6.03 Å². The maximum absolute atomic E-state index is 13.8. The van der Waals surface area contributed by atoms with Gasteiger partial charge in [-0.25, -0.2) is 9.18 Å². The lowest BCUT2D eigenvalue weighted by molar-refractivity contribution is -0.134. The summed E-state index contributed by atoms with van der Waals surface area (Å²) in [7, 11) is 1.39. The number of amides is 3. The first-order valence-corrected chi connectivity index (χ1v) is 7.94. The predicted molar refractivity (Wildman–Crippen MR) is 82.4 cm³/mol. The van der Waals surface area contributed by atoms with Gasteiger partial charge in [-0.15, -0.1) is 0 Å². The normalized spacial score (nSPS) is 27.4. The van der Waals surface area contributed by atoms with Gasteiger partial charge in [0.25, 0.3) is 5.91 Å². The molecule has 0 radical (unpaired) electrons. The van der Waals surface area contributed by atoms with Crippen molar-refractivity contribution in [3.05, 3.63) is 29.6 Å². The highest BCUT2D eigenvalue weighted by atomic mass is 19.1. The van der Waals surface area contributed by atoms with Gasteiger partial charge in [0.15, 0.2) is 11.6 Å². The monoisotopic (exact) mass is 320 g/mol. The third-order valence-electron chi connectivity index (χ3n) is 5.06. The third kappa shape index (κ3) is 2.56. The summed E-state index contributed by atoms with van der Waals surface area (Å²) in [5, 5.41) is 2.90. The number of methoxy groups -OCH3 is 1. The molecule has 2 fully saturated rings. The molecule has 0 aromatic heterocycles. The van der Waals surface area contributed by atoms with Crippen molar-refractivity contribution >= 4 is 11.9 Å². The van der Waals surface area contributed by atoms with Crippen molar-refractivity contribution in [2.24, 2.45) is 5.92 Å². The molecule has 3 amide bonds. The lowest BCUT2D eigenvalue weighted by Gasteiger charge is -2.36. The Morgan fingerprint density at radius 2 is 2.17 bits per heavy atom. The van der Waals surface area contributed by atoms with E-state index in [1.54, 1.807) is 6.07 Å². The van der Waals surface area contributed by atoms with E-state index in [0.717, 1.165) is 19.3 Å². The third-order valence-corrected chi connectivity index (χ3v) is 5.06. The van der Waals surface area contributed by atoms with E-state index in [2.05, 4.69) is 5.32 Å². The number of carbonyl (C=O) groups excluding carboxylic acids is 2. The number of nitrogens with one attached hydrogen (secondary N) is 1. The molecule has 1 aliphatic carbocycles. The van der Waals surface area contributed by atoms with Gasteiger partial charge in [0.2, 0.25) is 0 Å². The van der Waals surface area contributed by atoms with Crippen LogP contribution in [0.1, 0.15) is 38.2 Å². The first-order valence-electron chi connectivity index (χ1n) is 7.94. The summed E-state index contributed by atoms with van der Waals surface area (Å²) in [6.07, 6.45) is 3.61. The van der Waals surface area contributed by atoms with Crippen LogP contribution in [0.3, 0.4) is 0 Å². The van der Waals surface area contributed by atoms with E-state index in [1.165, 1.54) is 24.1 Å². The molecule has 1 saturated heterocycles. The zero-order valence-electron chi connectivity index (χ0n) is 13.4. The van der Waals surface area contributed by atoms with E-state index in [0.29, 0.717) is 12.0 Å². The van der Waals surface area contributed by atoms with Crippen molar-refractivity contribution in [1.82, 2.24) is 10.2 Å². The van der Waals surface area contributed by atoms with Crippen LogP contribution < -0.4 is 10.1 Å². The van der Waals surface area contributed by atoms with E-state index in [9.17, 15) is 14.0 Å². The fourth-order valence-corrected chi connectivity index (χ4v) is 3.63. The van der Waals surface area contributed by atoms with Crippen LogP contribution in [0.25, 0.3) is 0 Å². The summed E-state index contributed by atoms with van der Waals surface area (Å²) < 4.78 is 18.7. The van der Waals surface area contributed by atoms with E-state index in [-0.39, 0.29) is 30.2 Å². The van der Waals surface area contributed by atoms with Crippen LogP contribution in [0.2, 0.25) is 0 Å². The Hall–Kier alpha value is -2.11. The summed E-state index contributed by atoms with van der Waals surface area (Å²) in [6, 6.07) is 4.08. The minimum atomic E-state index is -0.777. The molecule has 1 aromatic carbocycles. The Morgan fingerprint density at radius 1 is 1.39 bits per heavy atom. The molecule has 23 heavy (non-hydrogen) atoms. The van der Waals surface area contributed by atoms with Crippen molar-refractivity contribution in [2.75, 3.05) is 7.11 Å². The van der Waals surface area contributed by atoms with Crippen LogP contribution in [0.4, 0.5) is 9.18 Å². The van der Waals surface area contributed by atoms with E-state index >= 15 is 0 Å². The molecule has 3 rings (SSSR count). The molecule has 1 spiro atoms. The van der Waals surface area contributed by atoms with Crippen molar-refractivity contribution in [3.63, 3.8) is 0 Å².